The van der Waals surface area contributed by atoms with Crippen molar-refractivity contribution in [1.29, 1.82) is 5.26 Å². The fourth-order valence-corrected chi connectivity index (χ4v) is 5.96. The van der Waals surface area contributed by atoms with Crippen LogP contribution < -0.4 is 9.62 Å². The molecule has 1 aliphatic heterocycles. The summed E-state index contributed by atoms with van der Waals surface area (Å²) in [6, 6.07) is 18.2. The first kappa shape index (κ1) is 24.4. The summed E-state index contributed by atoms with van der Waals surface area (Å²) in [5.41, 5.74) is 2.28. The smallest absolute Gasteiger partial charge is 0.250 e. The molecule has 4 rings (SSSR count). The fraction of sp³-hybridized carbons (Fsp3) is 0.320. The van der Waals surface area contributed by atoms with Crippen molar-refractivity contribution in [1.82, 2.24) is 4.72 Å². The van der Waals surface area contributed by atoms with Gasteiger partial charge in [0.25, 0.3) is 10.0 Å². The summed E-state index contributed by atoms with van der Waals surface area (Å²) >= 11 is 1.39. The molecule has 1 aliphatic rings. The minimum Gasteiger partial charge on any atom is -0.394 e. The summed E-state index contributed by atoms with van der Waals surface area (Å²) < 4.78 is 26.9. The van der Waals surface area contributed by atoms with E-state index in [2.05, 4.69) is 46.0 Å². The Kier molecular flexibility index (Phi) is 7.66. The molecule has 0 aliphatic carbocycles. The highest BCUT2D eigenvalue weighted by atomic mass is 32.2. The number of aliphatic hydroxyl groups is 2. The summed E-state index contributed by atoms with van der Waals surface area (Å²) in [7, 11) is -4.09. The van der Waals surface area contributed by atoms with Crippen molar-refractivity contribution in [3.8, 4) is 16.5 Å². The highest BCUT2D eigenvalue weighted by Gasteiger charge is 2.19. The Labute approximate surface area is 203 Å². The van der Waals surface area contributed by atoms with Gasteiger partial charge in [-0.05, 0) is 72.0 Å². The van der Waals surface area contributed by atoms with Crippen molar-refractivity contribution in [2.45, 2.75) is 25.4 Å². The predicted octanol–water partition coefficient (Wildman–Crippen LogP) is 3.70. The van der Waals surface area contributed by atoms with Crippen LogP contribution in [0.1, 0.15) is 24.1 Å². The molecule has 178 valence electrons. The first-order chi connectivity index (χ1) is 16.4. The lowest BCUT2D eigenvalue weighted by molar-refractivity contribution is 0.0989. The number of sulfonamides is 1. The summed E-state index contributed by atoms with van der Waals surface area (Å²) in [5.74, 6) is 0. The fourth-order valence-electron chi connectivity index (χ4n) is 3.97. The Morgan fingerprint density at radius 2 is 1.85 bits per heavy atom. The van der Waals surface area contributed by atoms with E-state index in [1.807, 2.05) is 6.07 Å². The van der Waals surface area contributed by atoms with Gasteiger partial charge in [0.05, 0.1) is 12.7 Å². The second-order valence-electron chi connectivity index (χ2n) is 8.30. The first-order valence-electron chi connectivity index (χ1n) is 11.2. The van der Waals surface area contributed by atoms with Gasteiger partial charge in [-0.3, -0.25) is 0 Å². The number of aliphatic hydroxyl groups excluding tert-OH is 2. The Morgan fingerprint density at radius 3 is 2.59 bits per heavy atom. The van der Waals surface area contributed by atoms with Gasteiger partial charge in [-0.1, -0.05) is 18.2 Å². The zero-order valence-electron chi connectivity index (χ0n) is 18.6. The van der Waals surface area contributed by atoms with Crippen LogP contribution in [0.25, 0.3) is 27.3 Å². The average molecular weight is 498 g/mol. The van der Waals surface area contributed by atoms with E-state index in [1.165, 1.54) is 47.7 Å². The summed E-state index contributed by atoms with van der Waals surface area (Å²) in [5, 5.41) is 29.9. The lowest BCUT2D eigenvalue weighted by Gasteiger charge is -2.29. The van der Waals surface area contributed by atoms with Crippen LogP contribution in [0.15, 0.2) is 53.4 Å². The molecule has 0 bridgehead atoms. The molecule has 3 aromatic rings. The number of anilines is 1. The monoisotopic (exact) mass is 497 g/mol. The number of hydrogen-bond acceptors (Lipinski definition) is 7. The molecule has 1 fully saturated rings. The SMILES string of the molecule is N#CC(=Cc1ccc(-c2ccc3cc(N4CCCCC4)ccc3c2)s1)S(=O)(=O)NCC(O)CO. The standard InChI is InChI=1S/C25H27N3O4S2/c26-15-24(34(31,32)27-16-22(30)17-29)14-23-8-9-25(33-23)20-5-4-19-13-21(7-6-18(19)12-20)28-10-2-1-3-11-28/h4-9,12-14,22,27,29-30H,1-3,10-11,16-17H2. The Hall–Kier alpha value is -2.74. The maximum atomic E-state index is 12.4. The van der Waals surface area contributed by atoms with Gasteiger partial charge >= 0.3 is 0 Å². The molecule has 0 saturated carbocycles. The van der Waals surface area contributed by atoms with E-state index in [0.29, 0.717) is 4.88 Å². The third kappa shape index (κ3) is 5.66. The van der Waals surface area contributed by atoms with Crippen molar-refractivity contribution in [3.63, 3.8) is 0 Å². The van der Waals surface area contributed by atoms with Crippen molar-refractivity contribution < 1.29 is 18.6 Å². The van der Waals surface area contributed by atoms with Crippen LogP contribution in [0, 0.1) is 11.3 Å². The largest absolute Gasteiger partial charge is 0.394 e. The Bertz CT molecular complexity index is 1340. The highest BCUT2D eigenvalue weighted by molar-refractivity contribution is 7.93. The second kappa shape index (κ2) is 10.7. The van der Waals surface area contributed by atoms with Crippen molar-refractivity contribution in [2.24, 2.45) is 0 Å². The molecule has 0 spiro atoms. The molecule has 0 radical (unpaired) electrons. The van der Waals surface area contributed by atoms with E-state index in [0.717, 1.165) is 28.9 Å². The molecule has 2 aromatic carbocycles. The molecule has 2 heterocycles. The number of allylic oxidation sites excluding steroid dienone is 1. The summed E-state index contributed by atoms with van der Waals surface area (Å²) in [4.78, 5) is 3.58. The van der Waals surface area contributed by atoms with Crippen molar-refractivity contribution >= 4 is 43.9 Å². The van der Waals surface area contributed by atoms with E-state index >= 15 is 0 Å². The topological polar surface area (TPSA) is 114 Å². The van der Waals surface area contributed by atoms with Crippen LogP contribution >= 0.6 is 11.3 Å². The summed E-state index contributed by atoms with van der Waals surface area (Å²) in [6.45, 7) is 1.26. The quantitative estimate of drug-likeness (QED) is 0.409. The molecule has 1 aromatic heterocycles. The first-order valence-corrected chi connectivity index (χ1v) is 13.5. The van der Waals surface area contributed by atoms with Gasteiger partial charge in [0.2, 0.25) is 0 Å². The van der Waals surface area contributed by atoms with Gasteiger partial charge in [0.15, 0.2) is 4.91 Å². The number of benzene rings is 2. The number of rotatable bonds is 8. The minimum absolute atomic E-state index is 0.371. The van der Waals surface area contributed by atoms with E-state index in [4.69, 9.17) is 5.11 Å². The van der Waals surface area contributed by atoms with E-state index < -0.39 is 27.6 Å². The molecule has 1 unspecified atom stereocenters. The molecule has 1 saturated heterocycles. The third-order valence-corrected chi connectivity index (χ3v) is 8.27. The normalized spacial score (nSPS) is 15.9. The van der Waals surface area contributed by atoms with E-state index in [-0.39, 0.29) is 6.54 Å². The van der Waals surface area contributed by atoms with Crippen LogP contribution in [-0.2, 0) is 10.0 Å². The lowest BCUT2D eigenvalue weighted by atomic mass is 10.0. The molecule has 0 amide bonds. The van der Waals surface area contributed by atoms with Gasteiger partial charge in [-0.25, -0.2) is 13.1 Å². The Balaban J connectivity index is 1.54. The van der Waals surface area contributed by atoms with Gasteiger partial charge in [-0.2, -0.15) is 5.26 Å². The van der Waals surface area contributed by atoms with Gasteiger partial charge in [-0.15, -0.1) is 11.3 Å². The van der Waals surface area contributed by atoms with Crippen molar-refractivity contribution in [3.05, 3.63) is 58.3 Å². The average Bonchev–Trinajstić information content (AvgIpc) is 3.34. The van der Waals surface area contributed by atoms with Crippen LogP contribution in [0.3, 0.4) is 0 Å². The number of nitrogens with one attached hydrogen (secondary N) is 1. The number of fused-ring (bicyclic) bond motifs is 1. The molecule has 1 atom stereocenters. The Morgan fingerprint density at radius 1 is 1.12 bits per heavy atom. The predicted molar refractivity (Wildman–Crippen MR) is 137 cm³/mol. The maximum Gasteiger partial charge on any atom is 0.250 e. The molecule has 34 heavy (non-hydrogen) atoms. The zero-order chi connectivity index (χ0) is 24.1. The van der Waals surface area contributed by atoms with Crippen LogP contribution in [0.4, 0.5) is 5.69 Å². The molecular formula is C25H27N3O4S2. The second-order valence-corrected chi connectivity index (χ2v) is 11.2. The molecular weight excluding hydrogens is 470 g/mol. The lowest BCUT2D eigenvalue weighted by Crippen LogP contribution is -2.34. The van der Waals surface area contributed by atoms with Gasteiger partial charge in [0, 0.05) is 35.1 Å². The minimum atomic E-state index is -4.09. The van der Waals surface area contributed by atoms with E-state index in [1.54, 1.807) is 12.1 Å². The van der Waals surface area contributed by atoms with Crippen LogP contribution in [0.2, 0.25) is 0 Å². The molecule has 3 N–H and O–H groups in total. The molecule has 7 nitrogen and oxygen atoms in total. The number of thiophene rings is 1. The van der Waals surface area contributed by atoms with Crippen LogP contribution in [-0.4, -0.2) is 51.0 Å². The number of hydrogen-bond donors (Lipinski definition) is 3. The number of piperidine rings is 1. The zero-order valence-corrected chi connectivity index (χ0v) is 20.3. The molecule has 9 heteroatoms. The maximum absolute atomic E-state index is 12.4. The van der Waals surface area contributed by atoms with Gasteiger partial charge in [0.1, 0.15) is 6.07 Å². The van der Waals surface area contributed by atoms with Gasteiger partial charge < -0.3 is 15.1 Å². The van der Waals surface area contributed by atoms with Crippen LogP contribution in [0.5, 0.6) is 0 Å². The number of nitrogens with zero attached hydrogens (tertiary/aromatic N) is 2. The number of nitriles is 1. The van der Waals surface area contributed by atoms with Crippen molar-refractivity contribution in [2.75, 3.05) is 31.1 Å². The van der Waals surface area contributed by atoms with E-state index in [9.17, 15) is 18.8 Å². The highest BCUT2D eigenvalue weighted by Crippen LogP contribution is 2.33. The third-order valence-electron chi connectivity index (χ3n) is 5.85. The summed E-state index contributed by atoms with van der Waals surface area (Å²) in [6.07, 6.45) is 3.86.